The Kier molecular flexibility index (Phi) is 8.33. The van der Waals surface area contributed by atoms with Crippen molar-refractivity contribution in [2.45, 2.75) is 77.5 Å². The average Bonchev–Trinajstić information content (AvgIpc) is 3.36. The number of hydrogen-bond donors (Lipinski definition) is 1. The van der Waals surface area contributed by atoms with Crippen molar-refractivity contribution in [1.82, 2.24) is 14.7 Å². The third-order valence-corrected chi connectivity index (χ3v) is 14.3. The van der Waals surface area contributed by atoms with Crippen molar-refractivity contribution < 1.29 is 13.7 Å². The normalized spacial score (nSPS) is 17.4. The lowest BCUT2D eigenvalue weighted by Crippen LogP contribution is -2.67. The van der Waals surface area contributed by atoms with E-state index in [9.17, 15) is 9.59 Å². The summed E-state index contributed by atoms with van der Waals surface area (Å²) in [7, 11) is -2.68. The van der Waals surface area contributed by atoms with Gasteiger partial charge in [-0.3, -0.25) is 14.9 Å². The van der Waals surface area contributed by atoms with Gasteiger partial charge in [0, 0.05) is 30.1 Å². The molecule has 1 aliphatic rings. The molecule has 5 aromatic rings. The zero-order chi connectivity index (χ0) is 31.8. The minimum atomic E-state index is -2.68. The standard InChI is InChI=1S/C36H40N4O4Si/c1-24-25(2)39-43-35(24)38-34(42)31-23-40(33-30(32(31)41)17-12-22-37-33)26-18-20-27(21-19-26)44-45(36(3,4)5,28-13-8-6-9-14-28)29-15-10-7-11-16-29/h6-17,22-23,26-27H,18-21H2,1-5H3,(H,38,42). The van der Waals surface area contributed by atoms with Gasteiger partial charge in [0.15, 0.2) is 0 Å². The number of nitrogens with one attached hydrogen (secondary N) is 1. The molecule has 0 unspecified atom stereocenters. The van der Waals surface area contributed by atoms with E-state index in [4.69, 9.17) is 8.95 Å². The highest BCUT2D eigenvalue weighted by Gasteiger charge is 2.51. The molecule has 9 heteroatoms. The van der Waals surface area contributed by atoms with Crippen molar-refractivity contribution in [1.29, 1.82) is 0 Å². The van der Waals surface area contributed by atoms with Crippen LogP contribution in [0.3, 0.4) is 0 Å². The van der Waals surface area contributed by atoms with Gasteiger partial charge in [-0.25, -0.2) is 4.98 Å². The zero-order valence-corrected chi connectivity index (χ0v) is 27.5. The van der Waals surface area contributed by atoms with Crippen LogP contribution >= 0.6 is 0 Å². The molecule has 8 nitrogen and oxygen atoms in total. The van der Waals surface area contributed by atoms with E-state index < -0.39 is 14.2 Å². The van der Waals surface area contributed by atoms with E-state index in [2.05, 4.69) is 96.9 Å². The summed E-state index contributed by atoms with van der Waals surface area (Å²) in [5.74, 6) is -0.279. The highest BCUT2D eigenvalue weighted by molar-refractivity contribution is 6.99. The molecule has 0 saturated heterocycles. The minimum Gasteiger partial charge on any atom is -0.404 e. The van der Waals surface area contributed by atoms with E-state index in [0.717, 1.165) is 31.2 Å². The number of carbonyl (C=O) groups excluding carboxylic acids is 1. The summed E-state index contributed by atoms with van der Waals surface area (Å²) in [5.41, 5.74) is 1.69. The minimum absolute atomic E-state index is 0.0506. The molecule has 45 heavy (non-hydrogen) atoms. The Balaban J connectivity index is 1.31. The molecular weight excluding hydrogens is 581 g/mol. The van der Waals surface area contributed by atoms with Crippen LogP contribution in [0.4, 0.5) is 5.88 Å². The van der Waals surface area contributed by atoms with Gasteiger partial charge in [0.2, 0.25) is 11.3 Å². The maximum Gasteiger partial charge on any atom is 0.263 e. The second-order valence-corrected chi connectivity index (χ2v) is 17.3. The van der Waals surface area contributed by atoms with Crippen molar-refractivity contribution in [2.75, 3.05) is 5.32 Å². The predicted molar refractivity (Wildman–Crippen MR) is 180 cm³/mol. The number of anilines is 1. The van der Waals surface area contributed by atoms with Gasteiger partial charge >= 0.3 is 0 Å². The van der Waals surface area contributed by atoms with Gasteiger partial charge < -0.3 is 13.5 Å². The molecule has 6 rings (SSSR count). The highest BCUT2D eigenvalue weighted by Crippen LogP contribution is 2.40. The number of aryl methyl sites for hydroxylation is 1. The first-order valence-corrected chi connectivity index (χ1v) is 17.5. The number of rotatable bonds is 7. The van der Waals surface area contributed by atoms with Crippen molar-refractivity contribution >= 4 is 41.5 Å². The Bertz CT molecular complexity index is 1830. The smallest absolute Gasteiger partial charge is 0.263 e. The molecule has 0 spiro atoms. The molecule has 1 N–H and O–H groups in total. The van der Waals surface area contributed by atoms with Crippen LogP contribution in [0.25, 0.3) is 11.0 Å². The van der Waals surface area contributed by atoms with Crippen molar-refractivity contribution in [3.63, 3.8) is 0 Å². The summed E-state index contributed by atoms with van der Waals surface area (Å²) in [6, 6.07) is 25.0. The summed E-state index contributed by atoms with van der Waals surface area (Å²) >= 11 is 0. The second-order valence-electron chi connectivity index (χ2n) is 13.0. The predicted octanol–water partition coefficient (Wildman–Crippen LogP) is 6.31. The first-order valence-electron chi connectivity index (χ1n) is 15.6. The van der Waals surface area contributed by atoms with Gasteiger partial charge in [-0.2, -0.15) is 0 Å². The molecular formula is C36H40N4O4Si. The maximum atomic E-state index is 13.5. The van der Waals surface area contributed by atoms with Crippen LogP contribution in [-0.2, 0) is 4.43 Å². The van der Waals surface area contributed by atoms with Crippen LogP contribution in [0.5, 0.6) is 0 Å². The van der Waals surface area contributed by atoms with Gasteiger partial charge in [-0.1, -0.05) is 86.6 Å². The molecule has 3 heterocycles. The van der Waals surface area contributed by atoms with Gasteiger partial charge in [0.1, 0.15) is 11.2 Å². The lowest BCUT2D eigenvalue weighted by atomic mass is 9.92. The molecule has 0 bridgehead atoms. The Hall–Kier alpha value is -4.34. The molecule has 1 amide bonds. The van der Waals surface area contributed by atoms with Crippen LogP contribution in [0.15, 0.2) is 94.5 Å². The summed E-state index contributed by atoms with van der Waals surface area (Å²) in [6.45, 7) is 10.5. The molecule has 232 valence electrons. The number of fused-ring (bicyclic) bond motifs is 1. The number of amides is 1. The lowest BCUT2D eigenvalue weighted by molar-refractivity contribution is 0.102. The number of benzene rings is 2. The van der Waals surface area contributed by atoms with Gasteiger partial charge in [-0.05, 0) is 67.1 Å². The van der Waals surface area contributed by atoms with Crippen LogP contribution in [0.2, 0.25) is 5.04 Å². The first kappa shape index (κ1) is 30.7. The number of hydrogen-bond acceptors (Lipinski definition) is 6. The van der Waals surface area contributed by atoms with Gasteiger partial charge in [-0.15, -0.1) is 0 Å². The van der Waals surface area contributed by atoms with Crippen molar-refractivity contribution in [2.24, 2.45) is 0 Å². The molecule has 3 aromatic heterocycles. The number of nitrogens with zero attached hydrogens (tertiary/aromatic N) is 3. The van der Waals surface area contributed by atoms with Crippen LogP contribution < -0.4 is 21.1 Å². The summed E-state index contributed by atoms with van der Waals surface area (Å²) < 4.78 is 14.7. The Morgan fingerprint density at radius 1 is 0.933 bits per heavy atom. The molecule has 0 radical (unpaired) electrons. The molecule has 1 fully saturated rings. The van der Waals surface area contributed by atoms with Gasteiger partial charge in [0.05, 0.1) is 11.1 Å². The SMILES string of the molecule is Cc1noc(NC(=O)c2cn(C3CCC(O[Si](c4ccccc4)(c4ccccc4)C(C)(C)C)CC3)c3ncccc3c2=O)c1C. The molecule has 2 aromatic carbocycles. The van der Waals surface area contributed by atoms with Crippen molar-refractivity contribution in [3.05, 3.63) is 112 Å². The first-order chi connectivity index (χ1) is 21.6. The largest absolute Gasteiger partial charge is 0.404 e. The van der Waals surface area contributed by atoms with E-state index in [1.807, 2.05) is 11.5 Å². The maximum absolute atomic E-state index is 13.5. The van der Waals surface area contributed by atoms with Crippen LogP contribution in [-0.4, -0.2) is 35.0 Å². The van der Waals surface area contributed by atoms with E-state index >= 15 is 0 Å². The summed E-state index contributed by atoms with van der Waals surface area (Å²) in [6.07, 6.45) is 6.81. The fourth-order valence-electron chi connectivity index (χ4n) is 6.71. The zero-order valence-electron chi connectivity index (χ0n) is 26.5. The molecule has 1 aliphatic carbocycles. The van der Waals surface area contributed by atoms with E-state index in [1.165, 1.54) is 10.4 Å². The number of carbonyl (C=O) groups is 1. The fraction of sp³-hybridized carbons (Fsp3) is 0.333. The molecule has 0 aliphatic heterocycles. The topological polar surface area (TPSA) is 99.2 Å². The Labute approximate surface area is 264 Å². The average molecular weight is 621 g/mol. The van der Waals surface area contributed by atoms with Crippen LogP contribution in [0.1, 0.15) is 74.1 Å². The number of aromatic nitrogens is 3. The lowest BCUT2D eigenvalue weighted by Gasteiger charge is -2.46. The van der Waals surface area contributed by atoms with Crippen LogP contribution in [0, 0.1) is 13.8 Å². The molecule has 0 atom stereocenters. The third-order valence-electron chi connectivity index (χ3n) is 9.21. The Morgan fingerprint density at radius 3 is 2.11 bits per heavy atom. The number of pyridine rings is 2. The third kappa shape index (κ3) is 5.66. The monoisotopic (exact) mass is 620 g/mol. The van der Waals surface area contributed by atoms with E-state index in [0.29, 0.717) is 16.7 Å². The van der Waals surface area contributed by atoms with Crippen molar-refractivity contribution in [3.8, 4) is 0 Å². The highest BCUT2D eigenvalue weighted by atomic mass is 28.4. The van der Waals surface area contributed by atoms with E-state index in [-0.39, 0.29) is 34.1 Å². The fourth-order valence-corrected chi connectivity index (χ4v) is 11.5. The summed E-state index contributed by atoms with van der Waals surface area (Å²) in [4.78, 5) is 31.5. The molecule has 1 saturated carbocycles. The van der Waals surface area contributed by atoms with Gasteiger partial charge in [0.25, 0.3) is 14.2 Å². The second kappa shape index (κ2) is 12.2. The quantitative estimate of drug-likeness (QED) is 0.214. The summed E-state index contributed by atoms with van der Waals surface area (Å²) in [5, 5.41) is 9.52. The Morgan fingerprint density at radius 2 is 1.56 bits per heavy atom. The van der Waals surface area contributed by atoms with E-state index in [1.54, 1.807) is 31.5 Å².